The molecule has 0 N–H and O–H groups in total. The van der Waals surface area contributed by atoms with Crippen LogP contribution in [0.25, 0.3) is 0 Å². The first-order valence-corrected chi connectivity index (χ1v) is 13.6. The summed E-state index contributed by atoms with van der Waals surface area (Å²) in [7, 11) is -2.18. The Morgan fingerprint density at radius 2 is 1.41 bits per heavy atom. The molecule has 1 amide bonds. The Labute approximate surface area is 187 Å². The van der Waals surface area contributed by atoms with Gasteiger partial charge in [0, 0.05) is 41.0 Å². The van der Waals surface area contributed by atoms with Crippen LogP contribution in [0.5, 0.6) is 0 Å². The third kappa shape index (κ3) is 4.96. The summed E-state index contributed by atoms with van der Waals surface area (Å²) in [5.41, 5.74) is 1.17. The molecule has 1 saturated carbocycles. The van der Waals surface area contributed by atoms with Gasteiger partial charge in [0.15, 0.2) is 0 Å². The lowest BCUT2D eigenvalue weighted by molar-refractivity contribution is 0.0551. The fourth-order valence-corrected chi connectivity index (χ4v) is 9.76. The number of nitrogens with zero attached hydrogens (tertiary/aromatic N) is 3. The van der Waals surface area contributed by atoms with Crippen LogP contribution in [0.3, 0.4) is 0 Å². The van der Waals surface area contributed by atoms with Gasteiger partial charge in [0.05, 0.1) is 26.4 Å². The van der Waals surface area contributed by atoms with Crippen molar-refractivity contribution in [1.82, 2.24) is 9.34 Å². The predicted molar refractivity (Wildman–Crippen MR) is 124 cm³/mol. The van der Waals surface area contributed by atoms with Gasteiger partial charge in [-0.1, -0.05) is 19.3 Å². The van der Waals surface area contributed by atoms with E-state index in [-0.39, 0.29) is 5.91 Å². The van der Waals surface area contributed by atoms with Crippen LogP contribution in [0.2, 0.25) is 0 Å². The zero-order chi connectivity index (χ0) is 20.1. The Bertz CT molecular complexity index is 688. The maximum atomic E-state index is 13.4. The van der Waals surface area contributed by atoms with Crippen molar-refractivity contribution in [1.29, 1.82) is 0 Å². The highest BCUT2D eigenvalue weighted by Gasteiger charge is 2.43. The van der Waals surface area contributed by atoms with Crippen molar-refractivity contribution in [3.63, 3.8) is 0 Å². The Balaban J connectivity index is 1.79. The summed E-state index contributed by atoms with van der Waals surface area (Å²) in [5, 5.41) is 0. The van der Waals surface area contributed by atoms with E-state index in [0.29, 0.717) is 11.2 Å². The lowest BCUT2D eigenvalue weighted by atomic mass is 10.0. The van der Waals surface area contributed by atoms with Gasteiger partial charge in [-0.3, -0.25) is 14.1 Å². The Morgan fingerprint density at radius 3 is 1.93 bits per heavy atom. The molecule has 0 radical (unpaired) electrons. The standard InChI is InChI=1S/C21H31IN3O3P/c22-19-8-6-18(7-9-19)21(26)23-29(20-4-2-1-3-5-20,24-10-14-27-15-11-24)25-12-16-28-17-13-25/h6-9,20H,1-5,10-17H2. The lowest BCUT2D eigenvalue weighted by Gasteiger charge is -2.50. The number of halogens is 1. The summed E-state index contributed by atoms with van der Waals surface area (Å²) in [6.45, 7) is 6.38. The monoisotopic (exact) mass is 531 g/mol. The molecule has 0 unspecified atom stereocenters. The molecule has 0 spiro atoms. The molecule has 0 atom stereocenters. The van der Waals surface area contributed by atoms with Crippen LogP contribution < -0.4 is 0 Å². The minimum atomic E-state index is -2.18. The minimum absolute atomic E-state index is 0.0571. The smallest absolute Gasteiger partial charge is 0.278 e. The molecule has 2 heterocycles. The highest BCUT2D eigenvalue weighted by atomic mass is 127. The molecule has 0 bridgehead atoms. The van der Waals surface area contributed by atoms with E-state index in [0.717, 1.165) is 56.2 Å². The summed E-state index contributed by atoms with van der Waals surface area (Å²) < 4.78 is 22.8. The van der Waals surface area contributed by atoms with E-state index >= 15 is 0 Å². The minimum Gasteiger partial charge on any atom is -0.379 e. The van der Waals surface area contributed by atoms with Gasteiger partial charge < -0.3 is 9.47 Å². The molecule has 2 saturated heterocycles. The van der Waals surface area contributed by atoms with E-state index in [2.05, 4.69) is 31.9 Å². The number of ether oxygens (including phenoxy) is 2. The average molecular weight is 531 g/mol. The van der Waals surface area contributed by atoms with E-state index in [1.807, 2.05) is 24.3 Å². The van der Waals surface area contributed by atoms with E-state index in [1.54, 1.807) is 0 Å². The second-order valence-corrected chi connectivity index (χ2v) is 12.5. The SMILES string of the molecule is O=C(N=P(C1CCCCC1)(N1CCOCC1)N1CCOCC1)c1ccc(I)cc1. The zero-order valence-electron chi connectivity index (χ0n) is 17.0. The van der Waals surface area contributed by atoms with E-state index < -0.39 is 7.36 Å². The van der Waals surface area contributed by atoms with Gasteiger partial charge in [0.2, 0.25) is 0 Å². The van der Waals surface area contributed by atoms with E-state index in [9.17, 15) is 4.79 Å². The van der Waals surface area contributed by atoms with Crippen molar-refractivity contribution >= 4 is 35.9 Å². The van der Waals surface area contributed by atoms with Crippen molar-refractivity contribution in [3.05, 3.63) is 33.4 Å². The molecule has 8 heteroatoms. The first-order chi connectivity index (χ1) is 14.2. The number of amides is 1. The van der Waals surface area contributed by atoms with Crippen LogP contribution in [0.4, 0.5) is 0 Å². The van der Waals surface area contributed by atoms with Crippen LogP contribution in [0, 0.1) is 3.57 Å². The third-order valence-electron chi connectivity index (χ3n) is 6.20. The van der Waals surface area contributed by atoms with Crippen LogP contribution in [-0.4, -0.2) is 73.5 Å². The highest BCUT2D eigenvalue weighted by molar-refractivity contribution is 14.1. The van der Waals surface area contributed by atoms with Crippen LogP contribution >= 0.6 is 29.9 Å². The van der Waals surface area contributed by atoms with Crippen LogP contribution in [-0.2, 0) is 9.47 Å². The molecular formula is C21H31IN3O3P. The fraction of sp³-hybridized carbons (Fsp3) is 0.667. The maximum Gasteiger partial charge on any atom is 0.278 e. The molecule has 2 aliphatic heterocycles. The van der Waals surface area contributed by atoms with Gasteiger partial charge in [0.1, 0.15) is 7.36 Å². The van der Waals surface area contributed by atoms with Crippen molar-refractivity contribution < 1.29 is 14.3 Å². The van der Waals surface area contributed by atoms with Gasteiger partial charge in [-0.25, -0.2) is 0 Å². The normalized spacial score (nSPS) is 23.1. The highest BCUT2D eigenvalue weighted by Crippen LogP contribution is 2.64. The Kier molecular flexibility index (Phi) is 7.81. The molecular weight excluding hydrogens is 500 g/mol. The molecule has 3 fully saturated rings. The lowest BCUT2D eigenvalue weighted by Crippen LogP contribution is -2.47. The summed E-state index contributed by atoms with van der Waals surface area (Å²) in [4.78, 5) is 13.4. The summed E-state index contributed by atoms with van der Waals surface area (Å²) in [6, 6.07) is 7.82. The number of rotatable bonds is 4. The molecule has 1 aliphatic carbocycles. The molecule has 1 aromatic rings. The van der Waals surface area contributed by atoms with Crippen LogP contribution in [0.15, 0.2) is 29.0 Å². The average Bonchev–Trinajstić information content (AvgIpc) is 2.79. The Hall–Kier alpha value is -0.310. The van der Waals surface area contributed by atoms with Crippen molar-refractivity contribution in [2.24, 2.45) is 4.74 Å². The third-order valence-corrected chi connectivity index (χ3v) is 11.4. The maximum absolute atomic E-state index is 13.4. The molecule has 29 heavy (non-hydrogen) atoms. The molecule has 3 aliphatic rings. The van der Waals surface area contributed by atoms with Gasteiger partial charge in [-0.2, -0.15) is 4.74 Å². The first-order valence-electron chi connectivity index (χ1n) is 10.8. The summed E-state index contributed by atoms with van der Waals surface area (Å²) in [6.07, 6.45) is 6.13. The van der Waals surface area contributed by atoms with Gasteiger partial charge in [-0.05, 0) is 59.7 Å². The zero-order valence-corrected chi connectivity index (χ0v) is 20.0. The largest absolute Gasteiger partial charge is 0.379 e. The number of hydrogen-bond donors (Lipinski definition) is 0. The first kappa shape index (κ1) is 21.9. The van der Waals surface area contributed by atoms with Crippen LogP contribution in [0.1, 0.15) is 42.5 Å². The predicted octanol–water partition coefficient (Wildman–Crippen LogP) is 4.46. The molecule has 1 aromatic carbocycles. The number of benzene rings is 1. The van der Waals surface area contributed by atoms with E-state index in [4.69, 9.17) is 14.2 Å². The number of carbonyl (C=O) groups excluding carboxylic acids is 1. The second-order valence-electron chi connectivity index (χ2n) is 7.95. The molecule has 4 rings (SSSR count). The topological polar surface area (TPSA) is 54.4 Å². The van der Waals surface area contributed by atoms with Crippen molar-refractivity contribution in [2.75, 3.05) is 52.6 Å². The van der Waals surface area contributed by atoms with Crippen molar-refractivity contribution in [2.45, 2.75) is 37.8 Å². The number of carbonyl (C=O) groups is 1. The van der Waals surface area contributed by atoms with Gasteiger partial charge in [0.25, 0.3) is 5.91 Å². The summed E-state index contributed by atoms with van der Waals surface area (Å²) >= 11 is 2.27. The molecule has 160 valence electrons. The van der Waals surface area contributed by atoms with Gasteiger partial charge >= 0.3 is 0 Å². The summed E-state index contributed by atoms with van der Waals surface area (Å²) in [5.74, 6) is -0.0571. The van der Waals surface area contributed by atoms with Gasteiger partial charge in [-0.15, -0.1) is 0 Å². The Morgan fingerprint density at radius 1 is 0.897 bits per heavy atom. The molecule has 0 aromatic heterocycles. The van der Waals surface area contributed by atoms with Crippen molar-refractivity contribution in [3.8, 4) is 0 Å². The molecule has 6 nitrogen and oxygen atoms in total. The van der Waals surface area contributed by atoms with E-state index in [1.165, 1.54) is 32.1 Å². The fourth-order valence-electron chi connectivity index (χ4n) is 4.76. The number of hydrogen-bond acceptors (Lipinski definition) is 3. The quantitative estimate of drug-likeness (QED) is 0.425. The second kappa shape index (κ2) is 10.3. The number of morpholine rings is 2.